The lowest BCUT2D eigenvalue weighted by Crippen LogP contribution is -2.22. The van der Waals surface area contributed by atoms with Crippen molar-refractivity contribution in [2.45, 2.75) is 26.9 Å². The van der Waals surface area contributed by atoms with E-state index in [0.29, 0.717) is 5.56 Å². The molecule has 1 unspecified atom stereocenters. The number of allylic oxidation sites excluding steroid dienone is 1. The molecule has 1 aromatic rings. The fourth-order valence-corrected chi connectivity index (χ4v) is 2.36. The van der Waals surface area contributed by atoms with Gasteiger partial charge in [-0.3, -0.25) is 4.18 Å². The molecule has 0 amide bonds. The molecule has 0 N–H and O–H groups in total. The number of carbonyl (C=O) groups is 1. The van der Waals surface area contributed by atoms with Crippen molar-refractivity contribution < 1.29 is 26.5 Å². The summed E-state index contributed by atoms with van der Waals surface area (Å²) < 4.78 is 46.0. The van der Waals surface area contributed by atoms with E-state index in [9.17, 15) is 17.6 Å². The summed E-state index contributed by atoms with van der Waals surface area (Å²) >= 11 is 0. The Hall–Kier alpha value is -1.73. The lowest BCUT2D eigenvalue weighted by Gasteiger charge is -2.17. The van der Waals surface area contributed by atoms with Gasteiger partial charge in [0.2, 0.25) is 0 Å². The maximum atomic E-state index is 13.4. The lowest BCUT2D eigenvalue weighted by molar-refractivity contribution is -0.151. The van der Waals surface area contributed by atoms with Crippen LogP contribution in [-0.4, -0.2) is 27.2 Å². The molecular weight excluding hydrogens is 311 g/mol. The molecule has 22 heavy (non-hydrogen) atoms. The highest BCUT2D eigenvalue weighted by Gasteiger charge is 2.29. The predicted molar refractivity (Wildman–Crippen MR) is 81.0 cm³/mol. The monoisotopic (exact) mass is 330 g/mol. The van der Waals surface area contributed by atoms with E-state index in [-0.39, 0.29) is 12.2 Å². The molecule has 0 aliphatic carbocycles. The molecule has 0 fully saturated rings. The summed E-state index contributed by atoms with van der Waals surface area (Å²) in [6.45, 7) is 5.26. The zero-order valence-electron chi connectivity index (χ0n) is 12.9. The smallest absolute Gasteiger partial charge is 0.341 e. The maximum Gasteiger partial charge on any atom is 0.341 e. The molecular formula is C15H19FO5S. The third kappa shape index (κ3) is 5.57. The molecule has 0 saturated carbocycles. The number of benzene rings is 1. The predicted octanol–water partition coefficient (Wildman–Crippen LogP) is 2.83. The van der Waals surface area contributed by atoms with E-state index in [4.69, 9.17) is 8.92 Å². The van der Waals surface area contributed by atoms with Crippen molar-refractivity contribution in [2.75, 3.05) is 12.9 Å². The molecule has 0 bridgehead atoms. The minimum atomic E-state index is -3.91. The van der Waals surface area contributed by atoms with Crippen molar-refractivity contribution in [2.24, 2.45) is 0 Å². The van der Waals surface area contributed by atoms with E-state index in [1.165, 1.54) is 12.1 Å². The van der Waals surface area contributed by atoms with Crippen LogP contribution in [0.5, 0.6) is 0 Å². The molecule has 5 nitrogen and oxygen atoms in total. The Kier molecular flexibility index (Phi) is 6.25. The molecule has 0 aromatic heterocycles. The highest BCUT2D eigenvalue weighted by atomic mass is 32.2. The van der Waals surface area contributed by atoms with Gasteiger partial charge in [0.05, 0.1) is 12.9 Å². The summed E-state index contributed by atoms with van der Waals surface area (Å²) in [4.78, 5) is 12.0. The second kappa shape index (κ2) is 7.51. The number of carbonyl (C=O) groups excluding carboxylic acids is 1. The first-order chi connectivity index (χ1) is 10.1. The Morgan fingerprint density at radius 1 is 1.36 bits per heavy atom. The molecule has 0 aliphatic rings. The first-order valence-electron chi connectivity index (χ1n) is 6.63. The average molecular weight is 330 g/mol. The molecule has 0 radical (unpaired) electrons. The van der Waals surface area contributed by atoms with Crippen molar-refractivity contribution in [1.29, 1.82) is 0 Å². The fourth-order valence-electron chi connectivity index (χ4n) is 1.83. The van der Waals surface area contributed by atoms with Crippen molar-refractivity contribution in [3.8, 4) is 0 Å². The van der Waals surface area contributed by atoms with Gasteiger partial charge in [0.1, 0.15) is 5.82 Å². The molecule has 0 heterocycles. The van der Waals surface area contributed by atoms with Gasteiger partial charge in [0.25, 0.3) is 10.1 Å². The van der Waals surface area contributed by atoms with Gasteiger partial charge < -0.3 is 4.74 Å². The maximum absolute atomic E-state index is 13.4. The van der Waals surface area contributed by atoms with Crippen LogP contribution in [0.2, 0.25) is 0 Å². The van der Waals surface area contributed by atoms with Crippen molar-refractivity contribution in [3.63, 3.8) is 0 Å². The van der Waals surface area contributed by atoms with Crippen LogP contribution in [0, 0.1) is 5.82 Å². The highest BCUT2D eigenvalue weighted by molar-refractivity contribution is 7.86. The minimum Gasteiger partial charge on any atom is -0.464 e. The van der Waals surface area contributed by atoms with Crippen molar-refractivity contribution in [1.82, 2.24) is 0 Å². The topological polar surface area (TPSA) is 69.7 Å². The Morgan fingerprint density at radius 3 is 2.50 bits per heavy atom. The zero-order chi connectivity index (χ0) is 16.9. The summed E-state index contributed by atoms with van der Waals surface area (Å²) in [5.74, 6) is -1.35. The SMILES string of the molecule is CCOC(=O)C(OS(C)(=O)=O)c1ccc(F)cc1C=C(C)C. The van der Waals surface area contributed by atoms with Crippen molar-refractivity contribution in [3.05, 3.63) is 40.7 Å². The summed E-state index contributed by atoms with van der Waals surface area (Å²) in [5, 5.41) is 0. The van der Waals surface area contributed by atoms with E-state index < -0.39 is 28.0 Å². The van der Waals surface area contributed by atoms with Crippen LogP contribution in [0.1, 0.15) is 38.0 Å². The van der Waals surface area contributed by atoms with Crippen molar-refractivity contribution >= 4 is 22.2 Å². The largest absolute Gasteiger partial charge is 0.464 e. The Balaban J connectivity index is 3.41. The number of rotatable bonds is 6. The molecule has 7 heteroatoms. The first-order valence-corrected chi connectivity index (χ1v) is 8.45. The third-order valence-electron chi connectivity index (χ3n) is 2.55. The van der Waals surface area contributed by atoms with Gasteiger partial charge in [0.15, 0.2) is 6.10 Å². The number of hydrogen-bond donors (Lipinski definition) is 0. The molecule has 0 saturated heterocycles. The van der Waals surface area contributed by atoms with Gasteiger partial charge in [-0.25, -0.2) is 9.18 Å². The summed E-state index contributed by atoms with van der Waals surface area (Å²) in [6.07, 6.45) is 1.00. The summed E-state index contributed by atoms with van der Waals surface area (Å²) in [6, 6.07) is 3.66. The Labute approximate surface area is 129 Å². The Bertz CT molecular complexity index is 675. The minimum absolute atomic E-state index is 0.0711. The summed E-state index contributed by atoms with van der Waals surface area (Å²) in [5.41, 5.74) is 1.45. The molecule has 1 aromatic carbocycles. The average Bonchev–Trinajstić information content (AvgIpc) is 2.35. The van der Waals surface area contributed by atoms with E-state index in [0.717, 1.165) is 17.9 Å². The van der Waals surface area contributed by atoms with Gasteiger partial charge >= 0.3 is 5.97 Å². The normalized spacial score (nSPS) is 12.6. The van der Waals surface area contributed by atoms with E-state index in [1.807, 2.05) is 0 Å². The Morgan fingerprint density at radius 2 is 2.00 bits per heavy atom. The number of ether oxygens (including phenoxy) is 1. The van der Waals surface area contributed by atoms with E-state index in [1.54, 1.807) is 26.8 Å². The molecule has 122 valence electrons. The second-order valence-electron chi connectivity index (χ2n) is 4.93. The fraction of sp³-hybridized carbons (Fsp3) is 0.400. The standard InChI is InChI=1S/C15H19FO5S/c1-5-20-15(17)14(21-22(4,18)19)13-7-6-12(16)9-11(13)8-10(2)3/h6-9,14H,5H2,1-4H3. The second-order valence-corrected chi connectivity index (χ2v) is 6.53. The molecule has 1 atom stereocenters. The number of halogens is 1. The summed E-state index contributed by atoms with van der Waals surface area (Å²) in [7, 11) is -3.91. The van der Waals surface area contributed by atoms with Gasteiger partial charge in [0, 0.05) is 5.56 Å². The quantitative estimate of drug-likeness (QED) is 0.592. The number of hydrogen-bond acceptors (Lipinski definition) is 5. The number of esters is 1. The van der Waals surface area contributed by atoms with Gasteiger partial charge in [-0.1, -0.05) is 17.7 Å². The van der Waals surface area contributed by atoms with Gasteiger partial charge in [-0.05, 0) is 38.5 Å². The van der Waals surface area contributed by atoms with Crippen LogP contribution < -0.4 is 0 Å². The van der Waals surface area contributed by atoms with Crippen LogP contribution >= 0.6 is 0 Å². The third-order valence-corrected chi connectivity index (χ3v) is 3.09. The van der Waals surface area contributed by atoms with Gasteiger partial charge in [-0.15, -0.1) is 0 Å². The molecule has 1 rings (SSSR count). The highest BCUT2D eigenvalue weighted by Crippen LogP contribution is 2.27. The van der Waals surface area contributed by atoms with E-state index >= 15 is 0 Å². The molecule has 0 aliphatic heterocycles. The zero-order valence-corrected chi connectivity index (χ0v) is 13.7. The van der Waals surface area contributed by atoms with Crippen LogP contribution in [0.3, 0.4) is 0 Å². The van der Waals surface area contributed by atoms with Crippen LogP contribution in [0.25, 0.3) is 6.08 Å². The molecule has 0 spiro atoms. The van der Waals surface area contributed by atoms with Crippen LogP contribution in [0.4, 0.5) is 4.39 Å². The van der Waals surface area contributed by atoms with E-state index in [2.05, 4.69) is 0 Å². The lowest BCUT2D eigenvalue weighted by atomic mass is 10.0. The van der Waals surface area contributed by atoms with Gasteiger partial charge in [-0.2, -0.15) is 8.42 Å². The first kappa shape index (κ1) is 18.3. The van der Waals surface area contributed by atoms with Crippen LogP contribution in [0.15, 0.2) is 23.8 Å². The van der Waals surface area contributed by atoms with Crippen LogP contribution in [-0.2, 0) is 23.8 Å².